The lowest BCUT2D eigenvalue weighted by Crippen LogP contribution is -2.13. The summed E-state index contributed by atoms with van der Waals surface area (Å²) in [5.41, 5.74) is 0.902. The lowest BCUT2D eigenvalue weighted by molar-refractivity contribution is 0.0865. The minimum atomic E-state index is -0.0419. The number of Topliss-reactive ketones (excluding diaryl/α,β-unsaturated/α-hetero) is 1. The van der Waals surface area contributed by atoms with E-state index in [4.69, 9.17) is 9.15 Å². The summed E-state index contributed by atoms with van der Waals surface area (Å²) in [6, 6.07) is 1.80. The number of aryl methyl sites for hydroxylation is 1. The van der Waals surface area contributed by atoms with Crippen molar-refractivity contribution in [2.75, 3.05) is 13.7 Å². The molecular weight excluding hydrogens is 180 g/mol. The summed E-state index contributed by atoms with van der Waals surface area (Å²) in [5, 5.41) is 0. The Bertz CT molecular complexity index is 301. The minimum absolute atomic E-state index is 0.0419. The number of hydrogen-bond acceptors (Lipinski definition) is 3. The molecular formula is C11H16O3. The van der Waals surface area contributed by atoms with Crippen molar-refractivity contribution in [2.24, 2.45) is 5.92 Å². The Kier molecular flexibility index (Phi) is 3.89. The highest BCUT2D eigenvalue weighted by Gasteiger charge is 2.19. The Labute approximate surface area is 84.1 Å². The van der Waals surface area contributed by atoms with Gasteiger partial charge < -0.3 is 9.15 Å². The highest BCUT2D eigenvalue weighted by atomic mass is 16.5. The average molecular weight is 196 g/mol. The van der Waals surface area contributed by atoms with Gasteiger partial charge in [-0.25, -0.2) is 0 Å². The van der Waals surface area contributed by atoms with Gasteiger partial charge in [0.05, 0.1) is 6.26 Å². The number of ketones is 1. The van der Waals surface area contributed by atoms with Crippen molar-refractivity contribution in [1.82, 2.24) is 0 Å². The Morgan fingerprint density at radius 3 is 2.86 bits per heavy atom. The van der Waals surface area contributed by atoms with E-state index in [1.54, 1.807) is 19.4 Å². The number of furan rings is 1. The summed E-state index contributed by atoms with van der Waals surface area (Å²) in [6.07, 6.45) is 2.28. The summed E-state index contributed by atoms with van der Waals surface area (Å²) >= 11 is 0. The van der Waals surface area contributed by atoms with Crippen molar-refractivity contribution in [3.63, 3.8) is 0 Å². The van der Waals surface area contributed by atoms with E-state index in [9.17, 15) is 4.79 Å². The molecule has 0 radical (unpaired) electrons. The average Bonchev–Trinajstić information content (AvgIpc) is 2.59. The van der Waals surface area contributed by atoms with Crippen molar-refractivity contribution in [1.29, 1.82) is 0 Å². The van der Waals surface area contributed by atoms with Gasteiger partial charge in [-0.2, -0.15) is 0 Å². The second kappa shape index (κ2) is 4.96. The van der Waals surface area contributed by atoms with E-state index in [-0.39, 0.29) is 11.7 Å². The van der Waals surface area contributed by atoms with Gasteiger partial charge in [0.25, 0.3) is 0 Å². The number of ether oxygens (including phenoxy) is 1. The lowest BCUT2D eigenvalue weighted by atomic mass is 9.99. The van der Waals surface area contributed by atoms with Gasteiger partial charge in [0.2, 0.25) is 5.78 Å². The lowest BCUT2D eigenvalue weighted by Gasteiger charge is -2.07. The van der Waals surface area contributed by atoms with Crippen LogP contribution in [0.1, 0.15) is 29.5 Å². The predicted molar refractivity (Wildman–Crippen MR) is 53.4 cm³/mol. The molecule has 14 heavy (non-hydrogen) atoms. The second-order valence-corrected chi connectivity index (χ2v) is 3.48. The first-order valence-electron chi connectivity index (χ1n) is 4.74. The molecule has 3 heteroatoms. The van der Waals surface area contributed by atoms with Crippen LogP contribution in [0, 0.1) is 12.8 Å². The largest absolute Gasteiger partial charge is 0.461 e. The highest BCUT2D eigenvalue weighted by Crippen LogP contribution is 2.16. The summed E-state index contributed by atoms with van der Waals surface area (Å²) in [6.45, 7) is 4.37. The van der Waals surface area contributed by atoms with E-state index in [0.717, 1.165) is 12.0 Å². The number of methoxy groups -OCH3 is 1. The van der Waals surface area contributed by atoms with Gasteiger partial charge in [-0.15, -0.1) is 0 Å². The summed E-state index contributed by atoms with van der Waals surface area (Å²) in [5.74, 6) is 0.498. The van der Waals surface area contributed by atoms with Crippen LogP contribution in [0.4, 0.5) is 0 Å². The van der Waals surface area contributed by atoms with Crippen LogP contribution in [0.15, 0.2) is 16.7 Å². The van der Waals surface area contributed by atoms with Crippen molar-refractivity contribution in [3.8, 4) is 0 Å². The predicted octanol–water partition coefficient (Wildman–Crippen LogP) is 2.44. The fourth-order valence-electron chi connectivity index (χ4n) is 1.27. The Morgan fingerprint density at radius 2 is 2.36 bits per heavy atom. The van der Waals surface area contributed by atoms with E-state index in [0.29, 0.717) is 12.4 Å². The Morgan fingerprint density at radius 1 is 1.64 bits per heavy atom. The molecule has 1 atom stereocenters. The number of rotatable bonds is 5. The molecule has 1 unspecified atom stereocenters. The number of hydrogen-bond donors (Lipinski definition) is 0. The number of carbonyl (C=O) groups excluding carboxylic acids is 1. The van der Waals surface area contributed by atoms with Crippen LogP contribution < -0.4 is 0 Å². The molecule has 0 aliphatic carbocycles. The quantitative estimate of drug-likeness (QED) is 0.679. The molecule has 1 rings (SSSR count). The Hall–Kier alpha value is -1.09. The van der Waals surface area contributed by atoms with Gasteiger partial charge in [0.15, 0.2) is 5.76 Å². The van der Waals surface area contributed by atoms with E-state index in [1.165, 1.54) is 0 Å². The van der Waals surface area contributed by atoms with Gasteiger partial charge in [0, 0.05) is 19.6 Å². The third kappa shape index (κ3) is 2.45. The maximum atomic E-state index is 11.8. The fourth-order valence-corrected chi connectivity index (χ4v) is 1.27. The molecule has 0 spiro atoms. The first-order chi connectivity index (χ1) is 6.66. The second-order valence-electron chi connectivity index (χ2n) is 3.48. The standard InChI is InChI=1S/C11H16O3/c1-8(4-6-13-3)10(12)11-9(2)5-7-14-11/h5,7-8H,4,6H2,1-3H3. The number of carbonyl (C=O) groups is 1. The summed E-state index contributed by atoms with van der Waals surface area (Å²) in [4.78, 5) is 11.8. The van der Waals surface area contributed by atoms with Crippen LogP contribution in [0.5, 0.6) is 0 Å². The maximum absolute atomic E-state index is 11.8. The van der Waals surface area contributed by atoms with Crippen LogP contribution in [0.2, 0.25) is 0 Å². The molecule has 0 amide bonds. The Balaban J connectivity index is 2.61. The first-order valence-corrected chi connectivity index (χ1v) is 4.74. The van der Waals surface area contributed by atoms with E-state index in [1.807, 2.05) is 13.8 Å². The molecule has 0 N–H and O–H groups in total. The molecule has 0 aromatic carbocycles. The van der Waals surface area contributed by atoms with Gasteiger partial charge in [-0.3, -0.25) is 4.79 Å². The molecule has 0 saturated heterocycles. The van der Waals surface area contributed by atoms with Gasteiger partial charge in [-0.05, 0) is 25.0 Å². The van der Waals surface area contributed by atoms with E-state index >= 15 is 0 Å². The van der Waals surface area contributed by atoms with Gasteiger partial charge >= 0.3 is 0 Å². The molecule has 3 nitrogen and oxygen atoms in total. The molecule has 1 aromatic rings. The topological polar surface area (TPSA) is 39.4 Å². The van der Waals surface area contributed by atoms with Crippen molar-refractivity contribution < 1.29 is 13.9 Å². The molecule has 0 saturated carbocycles. The molecule has 1 aromatic heterocycles. The smallest absolute Gasteiger partial charge is 0.201 e. The summed E-state index contributed by atoms with van der Waals surface area (Å²) in [7, 11) is 1.63. The maximum Gasteiger partial charge on any atom is 0.201 e. The fraction of sp³-hybridized carbons (Fsp3) is 0.545. The van der Waals surface area contributed by atoms with E-state index in [2.05, 4.69) is 0 Å². The van der Waals surface area contributed by atoms with Crippen LogP contribution in [-0.2, 0) is 4.74 Å². The van der Waals surface area contributed by atoms with Crippen LogP contribution >= 0.6 is 0 Å². The zero-order valence-corrected chi connectivity index (χ0v) is 8.87. The summed E-state index contributed by atoms with van der Waals surface area (Å²) < 4.78 is 10.1. The monoisotopic (exact) mass is 196 g/mol. The molecule has 0 fully saturated rings. The van der Waals surface area contributed by atoms with Crippen molar-refractivity contribution in [2.45, 2.75) is 20.3 Å². The molecule has 1 heterocycles. The SMILES string of the molecule is COCCC(C)C(=O)c1occc1C. The van der Waals surface area contributed by atoms with Crippen LogP contribution in [0.25, 0.3) is 0 Å². The third-order valence-corrected chi connectivity index (χ3v) is 2.29. The third-order valence-electron chi connectivity index (χ3n) is 2.29. The zero-order chi connectivity index (χ0) is 10.6. The van der Waals surface area contributed by atoms with Gasteiger partial charge in [-0.1, -0.05) is 6.92 Å². The van der Waals surface area contributed by atoms with Crippen molar-refractivity contribution >= 4 is 5.78 Å². The van der Waals surface area contributed by atoms with Gasteiger partial charge in [0.1, 0.15) is 0 Å². The van der Waals surface area contributed by atoms with Crippen molar-refractivity contribution in [3.05, 3.63) is 23.7 Å². The molecule has 0 aliphatic heterocycles. The normalized spacial score (nSPS) is 12.8. The van der Waals surface area contributed by atoms with E-state index < -0.39 is 0 Å². The molecule has 78 valence electrons. The van der Waals surface area contributed by atoms with Crippen LogP contribution in [-0.4, -0.2) is 19.5 Å². The minimum Gasteiger partial charge on any atom is -0.461 e. The molecule has 0 aliphatic rings. The zero-order valence-electron chi connectivity index (χ0n) is 8.87. The molecule has 0 bridgehead atoms. The first kappa shape index (κ1) is 11.0. The van der Waals surface area contributed by atoms with Crippen LogP contribution in [0.3, 0.4) is 0 Å². The highest BCUT2D eigenvalue weighted by molar-refractivity contribution is 5.96.